The number of carbonyl (C=O) groups is 4. The van der Waals surface area contributed by atoms with Crippen molar-refractivity contribution in [2.75, 3.05) is 26.2 Å². The van der Waals surface area contributed by atoms with Gasteiger partial charge in [0.05, 0.1) is 5.56 Å². The predicted molar refractivity (Wildman–Crippen MR) is 151 cm³/mol. The Balaban J connectivity index is 1.12. The van der Waals surface area contributed by atoms with E-state index in [2.05, 4.69) is 22.3 Å². The Bertz CT molecular complexity index is 1550. The lowest BCUT2D eigenvalue weighted by Crippen LogP contribution is -2.52. The van der Waals surface area contributed by atoms with Crippen LogP contribution in [0.1, 0.15) is 44.7 Å². The van der Waals surface area contributed by atoms with E-state index < -0.39 is 29.6 Å². The molecule has 3 aromatic carbocycles. The maximum atomic E-state index is 15.2. The minimum absolute atomic E-state index is 0.0804. The third kappa shape index (κ3) is 5.35. The van der Waals surface area contributed by atoms with Gasteiger partial charge in [-0.25, -0.2) is 4.39 Å². The van der Waals surface area contributed by atoms with Gasteiger partial charge in [-0.15, -0.1) is 0 Å². The number of nitrogens with zero attached hydrogens (tertiary/aromatic N) is 3. The second-order valence-electron chi connectivity index (χ2n) is 10.6. The molecule has 0 saturated carbocycles. The van der Waals surface area contributed by atoms with Gasteiger partial charge in [-0.3, -0.25) is 29.4 Å². The van der Waals surface area contributed by atoms with E-state index in [1.807, 2.05) is 36.4 Å². The van der Waals surface area contributed by atoms with Crippen LogP contribution in [0.25, 0.3) is 11.1 Å². The number of rotatable bonds is 5. The molecule has 0 aromatic heterocycles. The van der Waals surface area contributed by atoms with Gasteiger partial charge >= 0.3 is 0 Å². The standard InChI is InChI=1S/C31H28ClFN4O4/c32-22-7-5-19(6-8-22)23-4-2-1-3-20(23)17-35-11-13-36(14-12-35)30(40)25-15-21-18-37(31(41)24(21)16-26(25)33)27-9-10-28(38)34-29(27)39/h1-8,15-16,27H,9-14,17-18H2,(H,34,38,39). The monoisotopic (exact) mass is 574 g/mol. The molecule has 10 heteroatoms. The molecule has 0 bridgehead atoms. The van der Waals surface area contributed by atoms with Crippen molar-refractivity contribution in [2.45, 2.75) is 32.0 Å². The van der Waals surface area contributed by atoms with Crippen LogP contribution in [-0.4, -0.2) is 70.5 Å². The summed E-state index contributed by atoms with van der Waals surface area (Å²) in [5.41, 5.74) is 3.95. The lowest BCUT2D eigenvalue weighted by Gasteiger charge is -2.35. The molecule has 1 unspecified atom stereocenters. The summed E-state index contributed by atoms with van der Waals surface area (Å²) in [6.45, 7) is 2.96. The average molecular weight is 575 g/mol. The Kier molecular flexibility index (Phi) is 7.32. The van der Waals surface area contributed by atoms with Crippen molar-refractivity contribution >= 4 is 35.2 Å². The predicted octanol–water partition coefficient (Wildman–Crippen LogP) is 3.87. The molecule has 2 fully saturated rings. The molecule has 210 valence electrons. The highest BCUT2D eigenvalue weighted by molar-refractivity contribution is 6.30. The van der Waals surface area contributed by atoms with E-state index in [-0.39, 0.29) is 36.4 Å². The summed E-state index contributed by atoms with van der Waals surface area (Å²) in [7, 11) is 0. The van der Waals surface area contributed by atoms with Gasteiger partial charge < -0.3 is 9.80 Å². The molecule has 3 aliphatic heterocycles. The molecule has 0 radical (unpaired) electrons. The number of carbonyl (C=O) groups excluding carboxylic acids is 4. The average Bonchev–Trinajstić information content (AvgIpc) is 3.28. The van der Waals surface area contributed by atoms with Crippen LogP contribution in [0.15, 0.2) is 60.7 Å². The van der Waals surface area contributed by atoms with Crippen molar-refractivity contribution in [3.05, 3.63) is 93.8 Å². The lowest BCUT2D eigenvalue weighted by atomic mass is 9.99. The molecule has 4 amide bonds. The molecule has 6 rings (SSSR count). The van der Waals surface area contributed by atoms with Crippen molar-refractivity contribution in [3.8, 4) is 11.1 Å². The van der Waals surface area contributed by atoms with E-state index in [0.29, 0.717) is 43.3 Å². The van der Waals surface area contributed by atoms with E-state index in [1.54, 1.807) is 4.90 Å². The molecule has 1 N–H and O–H groups in total. The molecule has 2 saturated heterocycles. The number of halogens is 2. The summed E-state index contributed by atoms with van der Waals surface area (Å²) in [6, 6.07) is 17.7. The largest absolute Gasteiger partial charge is 0.336 e. The van der Waals surface area contributed by atoms with E-state index in [0.717, 1.165) is 17.2 Å². The van der Waals surface area contributed by atoms with Gasteiger partial charge in [0.2, 0.25) is 11.8 Å². The zero-order valence-electron chi connectivity index (χ0n) is 22.2. The molecular weight excluding hydrogens is 547 g/mol. The molecule has 41 heavy (non-hydrogen) atoms. The van der Waals surface area contributed by atoms with Crippen LogP contribution >= 0.6 is 11.6 Å². The summed E-state index contributed by atoms with van der Waals surface area (Å²) in [4.78, 5) is 55.4. The van der Waals surface area contributed by atoms with Crippen LogP contribution < -0.4 is 5.32 Å². The Morgan fingerprint density at radius 3 is 2.41 bits per heavy atom. The summed E-state index contributed by atoms with van der Waals surface area (Å²) in [6.07, 6.45) is 0.348. The van der Waals surface area contributed by atoms with Crippen LogP contribution in [0.2, 0.25) is 5.02 Å². The van der Waals surface area contributed by atoms with Crippen molar-refractivity contribution in [2.24, 2.45) is 0 Å². The van der Waals surface area contributed by atoms with Crippen LogP contribution in [0, 0.1) is 5.82 Å². The third-order valence-electron chi connectivity index (χ3n) is 8.07. The quantitative estimate of drug-likeness (QED) is 0.467. The van der Waals surface area contributed by atoms with Crippen LogP contribution in [0.5, 0.6) is 0 Å². The fourth-order valence-corrected chi connectivity index (χ4v) is 5.97. The Morgan fingerprint density at radius 2 is 1.68 bits per heavy atom. The second kappa shape index (κ2) is 11.1. The number of piperazine rings is 1. The number of benzene rings is 3. The maximum Gasteiger partial charge on any atom is 0.256 e. The molecule has 8 nitrogen and oxygen atoms in total. The van der Waals surface area contributed by atoms with Crippen LogP contribution in [0.4, 0.5) is 4.39 Å². The van der Waals surface area contributed by atoms with Crippen molar-refractivity contribution < 1.29 is 23.6 Å². The molecule has 3 aromatic rings. The first kappa shape index (κ1) is 27.1. The highest BCUT2D eigenvalue weighted by Crippen LogP contribution is 2.31. The lowest BCUT2D eigenvalue weighted by molar-refractivity contribution is -0.136. The molecular formula is C31H28ClFN4O4. The number of hydrogen-bond acceptors (Lipinski definition) is 5. The van der Waals surface area contributed by atoms with Crippen molar-refractivity contribution in [1.29, 1.82) is 0 Å². The van der Waals surface area contributed by atoms with Gasteiger partial charge in [-0.2, -0.15) is 0 Å². The highest BCUT2D eigenvalue weighted by atomic mass is 35.5. The second-order valence-corrected chi connectivity index (χ2v) is 11.1. The third-order valence-corrected chi connectivity index (χ3v) is 8.32. The van der Waals surface area contributed by atoms with Gasteiger partial charge in [-0.05, 0) is 52.9 Å². The first-order valence-corrected chi connectivity index (χ1v) is 14.0. The van der Waals surface area contributed by atoms with Gasteiger partial charge in [0.1, 0.15) is 11.9 Å². The van der Waals surface area contributed by atoms with Crippen molar-refractivity contribution in [1.82, 2.24) is 20.0 Å². The SMILES string of the molecule is O=C1CCC(N2Cc3cc(C(=O)N4CCN(Cc5ccccc5-c5ccc(Cl)cc5)CC4)c(F)cc3C2=O)C(=O)N1. The number of hydrogen-bond donors (Lipinski definition) is 1. The number of imide groups is 1. The maximum absolute atomic E-state index is 15.2. The van der Waals surface area contributed by atoms with Gasteiger partial charge in [0, 0.05) is 56.3 Å². The minimum Gasteiger partial charge on any atom is -0.336 e. The van der Waals surface area contributed by atoms with Crippen LogP contribution in [0.3, 0.4) is 0 Å². The fraction of sp³-hybridized carbons (Fsp3) is 0.290. The Labute approximate surface area is 241 Å². The number of piperidine rings is 1. The van der Waals surface area contributed by atoms with Gasteiger partial charge in [0.25, 0.3) is 11.8 Å². The van der Waals surface area contributed by atoms with Crippen molar-refractivity contribution in [3.63, 3.8) is 0 Å². The highest BCUT2D eigenvalue weighted by Gasteiger charge is 2.40. The zero-order valence-corrected chi connectivity index (χ0v) is 23.0. The Morgan fingerprint density at radius 1 is 0.951 bits per heavy atom. The summed E-state index contributed by atoms with van der Waals surface area (Å²) in [5.74, 6) is -2.56. The van der Waals surface area contributed by atoms with E-state index in [1.165, 1.54) is 16.5 Å². The van der Waals surface area contributed by atoms with E-state index in [4.69, 9.17) is 11.6 Å². The Hall–Kier alpha value is -4.08. The van der Waals surface area contributed by atoms with Gasteiger partial charge in [0.15, 0.2) is 0 Å². The summed E-state index contributed by atoms with van der Waals surface area (Å²) >= 11 is 6.06. The van der Waals surface area contributed by atoms with E-state index in [9.17, 15) is 19.2 Å². The molecule has 3 aliphatic rings. The van der Waals surface area contributed by atoms with E-state index >= 15 is 4.39 Å². The molecule has 0 aliphatic carbocycles. The molecule has 1 atom stereocenters. The number of nitrogens with one attached hydrogen (secondary N) is 1. The number of fused-ring (bicyclic) bond motifs is 1. The minimum atomic E-state index is -0.798. The smallest absolute Gasteiger partial charge is 0.256 e. The first-order chi connectivity index (χ1) is 19.8. The topological polar surface area (TPSA) is 90.0 Å². The summed E-state index contributed by atoms with van der Waals surface area (Å²) in [5, 5.41) is 2.94. The van der Waals surface area contributed by atoms with Gasteiger partial charge in [-0.1, -0.05) is 48.0 Å². The molecule has 3 heterocycles. The number of amides is 4. The fourth-order valence-electron chi connectivity index (χ4n) is 5.84. The summed E-state index contributed by atoms with van der Waals surface area (Å²) < 4.78 is 15.2. The zero-order chi connectivity index (χ0) is 28.7. The first-order valence-electron chi connectivity index (χ1n) is 13.6. The van der Waals surface area contributed by atoms with Crippen LogP contribution in [-0.2, 0) is 22.7 Å². The normalized spacial score (nSPS) is 19.4. The molecule has 0 spiro atoms.